The van der Waals surface area contributed by atoms with Crippen molar-refractivity contribution in [2.24, 2.45) is 0 Å². The van der Waals surface area contributed by atoms with E-state index in [1.54, 1.807) is 77.9 Å². The van der Waals surface area contributed by atoms with Crippen LogP contribution in [0.3, 0.4) is 0 Å². The number of carbonyl (C=O) groups excluding carboxylic acids is 4. The molecule has 41 heavy (non-hydrogen) atoms. The summed E-state index contributed by atoms with van der Waals surface area (Å²) in [6.07, 6.45) is -2.83. The summed E-state index contributed by atoms with van der Waals surface area (Å²) in [7, 11) is 1.24. The number of rotatable bonds is 10. The van der Waals surface area contributed by atoms with E-state index < -0.39 is 41.7 Å². The quantitative estimate of drug-likeness (QED) is 0.172. The second-order valence-corrected chi connectivity index (χ2v) is 10.7. The fraction of sp³-hybridized carbons (Fsp3) is 0.448. The predicted molar refractivity (Wildman–Crippen MR) is 146 cm³/mol. The van der Waals surface area contributed by atoms with Crippen LogP contribution in [0.4, 0.5) is 14.4 Å². The van der Waals surface area contributed by atoms with Crippen LogP contribution in [-0.4, -0.2) is 61.9 Å². The summed E-state index contributed by atoms with van der Waals surface area (Å²) in [5.74, 6) is -0.470. The van der Waals surface area contributed by atoms with Crippen molar-refractivity contribution >= 4 is 24.4 Å². The Morgan fingerprint density at radius 2 is 1.34 bits per heavy atom. The molecule has 12 nitrogen and oxygen atoms in total. The Kier molecular flexibility index (Phi) is 11.9. The van der Waals surface area contributed by atoms with Gasteiger partial charge >= 0.3 is 24.4 Å². The molecule has 0 unspecified atom stereocenters. The third-order valence-electron chi connectivity index (χ3n) is 4.76. The summed E-state index contributed by atoms with van der Waals surface area (Å²) in [6.45, 7) is 10.0. The summed E-state index contributed by atoms with van der Waals surface area (Å²) in [5, 5.41) is 2.96. The minimum Gasteiger partial charge on any atom is -0.468 e. The third kappa shape index (κ3) is 13.1. The van der Waals surface area contributed by atoms with Gasteiger partial charge in [-0.15, -0.1) is 0 Å². The first-order valence-corrected chi connectivity index (χ1v) is 12.8. The van der Waals surface area contributed by atoms with E-state index in [1.807, 2.05) is 0 Å². The average molecular weight is 576 g/mol. The maximum absolute atomic E-state index is 12.4. The number of hydrogen-bond donors (Lipinski definition) is 1. The first-order chi connectivity index (χ1) is 19.1. The highest BCUT2D eigenvalue weighted by molar-refractivity contribution is 5.76. The molecule has 0 aliphatic heterocycles. The zero-order chi connectivity index (χ0) is 30.6. The standard InChI is InChI=1S/C29H37NO11/c1-28(2,3)40-26(33)38-22-14-13-19(18-23(22)39-27(34)41-29(4,5)6)17-21(24(31)35-7)30-15-16-36-25(32)37-20-11-9-8-10-12-20/h8-14,18,21,30H,15-17H2,1-7H3/t21-/m0/s1. The second-order valence-electron chi connectivity index (χ2n) is 10.7. The SMILES string of the molecule is COC(=O)[C@H](Cc1ccc(OC(=O)OC(C)(C)C)c(OC(=O)OC(C)(C)C)c1)NCCOC(=O)Oc1ccccc1. The molecule has 2 aromatic rings. The molecule has 0 aliphatic carbocycles. The molecule has 2 aromatic carbocycles. The molecule has 0 spiro atoms. The van der Waals surface area contributed by atoms with Gasteiger partial charge in [0, 0.05) is 6.54 Å². The van der Waals surface area contributed by atoms with Gasteiger partial charge in [-0.1, -0.05) is 24.3 Å². The molecule has 0 saturated heterocycles. The second kappa shape index (κ2) is 14.9. The fourth-order valence-corrected chi connectivity index (χ4v) is 3.16. The number of benzene rings is 2. The lowest BCUT2D eigenvalue weighted by molar-refractivity contribution is -0.143. The topological polar surface area (TPSA) is 145 Å². The van der Waals surface area contributed by atoms with Crippen LogP contribution in [0.2, 0.25) is 0 Å². The van der Waals surface area contributed by atoms with Crippen molar-refractivity contribution in [2.45, 2.75) is 65.2 Å². The van der Waals surface area contributed by atoms with Crippen LogP contribution in [0.15, 0.2) is 48.5 Å². The van der Waals surface area contributed by atoms with Crippen molar-refractivity contribution in [2.75, 3.05) is 20.3 Å². The number of carbonyl (C=O) groups is 4. The molecule has 224 valence electrons. The maximum Gasteiger partial charge on any atom is 0.514 e. The van der Waals surface area contributed by atoms with E-state index in [0.717, 1.165) is 0 Å². The minimum absolute atomic E-state index is 0.0819. The van der Waals surface area contributed by atoms with Gasteiger partial charge in [-0.25, -0.2) is 14.4 Å². The van der Waals surface area contributed by atoms with Crippen molar-refractivity contribution in [1.82, 2.24) is 5.32 Å². The van der Waals surface area contributed by atoms with Crippen LogP contribution in [-0.2, 0) is 30.2 Å². The van der Waals surface area contributed by atoms with Crippen LogP contribution in [0.25, 0.3) is 0 Å². The van der Waals surface area contributed by atoms with Gasteiger partial charge in [0.05, 0.1) is 7.11 Å². The third-order valence-corrected chi connectivity index (χ3v) is 4.76. The number of methoxy groups -OCH3 is 1. The van der Waals surface area contributed by atoms with Crippen molar-refractivity contribution < 1.29 is 52.3 Å². The molecule has 0 saturated carbocycles. The smallest absolute Gasteiger partial charge is 0.468 e. The van der Waals surface area contributed by atoms with Crippen molar-refractivity contribution in [3.63, 3.8) is 0 Å². The molecule has 0 radical (unpaired) electrons. The van der Waals surface area contributed by atoms with E-state index in [9.17, 15) is 19.2 Å². The number of nitrogens with one attached hydrogen (secondary N) is 1. The van der Waals surface area contributed by atoms with Gasteiger partial charge in [0.25, 0.3) is 0 Å². The lowest BCUT2D eigenvalue weighted by Gasteiger charge is -2.21. The number of ether oxygens (including phenoxy) is 7. The highest BCUT2D eigenvalue weighted by atomic mass is 16.8. The maximum atomic E-state index is 12.4. The summed E-state index contributed by atoms with van der Waals surface area (Å²) >= 11 is 0. The molecule has 0 aromatic heterocycles. The highest BCUT2D eigenvalue weighted by Gasteiger charge is 2.25. The molecule has 1 atom stereocenters. The Morgan fingerprint density at radius 1 is 0.756 bits per heavy atom. The Balaban J connectivity index is 2.11. The Bertz CT molecular complexity index is 1180. The summed E-state index contributed by atoms with van der Waals surface area (Å²) in [6, 6.07) is 12.0. The van der Waals surface area contributed by atoms with Crippen LogP contribution in [0, 0.1) is 0 Å². The first-order valence-electron chi connectivity index (χ1n) is 12.8. The normalized spacial score (nSPS) is 12.0. The Hall–Kier alpha value is -4.32. The molecule has 0 amide bonds. The van der Waals surface area contributed by atoms with Gasteiger partial charge in [0.1, 0.15) is 29.6 Å². The van der Waals surface area contributed by atoms with E-state index in [0.29, 0.717) is 11.3 Å². The highest BCUT2D eigenvalue weighted by Crippen LogP contribution is 2.31. The number of esters is 1. The molecule has 1 N–H and O–H groups in total. The van der Waals surface area contributed by atoms with E-state index in [2.05, 4.69) is 5.32 Å². The summed E-state index contributed by atoms with van der Waals surface area (Å²) < 4.78 is 36.0. The number of hydrogen-bond acceptors (Lipinski definition) is 12. The van der Waals surface area contributed by atoms with Crippen LogP contribution < -0.4 is 19.5 Å². The zero-order valence-electron chi connectivity index (χ0n) is 24.3. The van der Waals surface area contributed by atoms with Gasteiger partial charge in [-0.3, -0.25) is 4.79 Å². The molecule has 0 fully saturated rings. The van der Waals surface area contributed by atoms with Crippen LogP contribution >= 0.6 is 0 Å². The molecule has 0 heterocycles. The molecule has 12 heteroatoms. The molecular weight excluding hydrogens is 538 g/mol. The molecule has 2 rings (SSSR count). The molecule has 0 bridgehead atoms. The zero-order valence-corrected chi connectivity index (χ0v) is 24.3. The molecular formula is C29H37NO11. The monoisotopic (exact) mass is 575 g/mol. The van der Waals surface area contributed by atoms with Gasteiger partial charge in [-0.05, 0) is 77.8 Å². The lowest BCUT2D eigenvalue weighted by atomic mass is 10.1. The Labute approximate surface area is 239 Å². The Morgan fingerprint density at radius 3 is 1.90 bits per heavy atom. The first kappa shape index (κ1) is 32.9. The predicted octanol–water partition coefficient (Wildman–Crippen LogP) is 5.20. The van der Waals surface area contributed by atoms with Crippen molar-refractivity contribution in [1.29, 1.82) is 0 Å². The van der Waals surface area contributed by atoms with E-state index in [4.69, 9.17) is 33.2 Å². The lowest BCUT2D eigenvalue weighted by Crippen LogP contribution is -2.41. The van der Waals surface area contributed by atoms with Gasteiger partial charge in [0.15, 0.2) is 11.5 Å². The summed E-state index contributed by atoms with van der Waals surface area (Å²) in [4.78, 5) is 48.9. The van der Waals surface area contributed by atoms with E-state index in [-0.39, 0.29) is 31.1 Å². The van der Waals surface area contributed by atoms with E-state index >= 15 is 0 Å². The minimum atomic E-state index is -1.02. The van der Waals surface area contributed by atoms with Crippen molar-refractivity contribution in [3.05, 3.63) is 54.1 Å². The van der Waals surface area contributed by atoms with Crippen molar-refractivity contribution in [3.8, 4) is 17.2 Å². The van der Waals surface area contributed by atoms with Crippen LogP contribution in [0.1, 0.15) is 47.1 Å². The average Bonchev–Trinajstić information content (AvgIpc) is 2.85. The fourth-order valence-electron chi connectivity index (χ4n) is 3.16. The largest absolute Gasteiger partial charge is 0.514 e. The molecule has 0 aliphatic rings. The number of para-hydroxylation sites is 1. The summed E-state index contributed by atoms with van der Waals surface area (Å²) in [5.41, 5.74) is -1.13. The van der Waals surface area contributed by atoms with Gasteiger partial charge in [0.2, 0.25) is 0 Å². The van der Waals surface area contributed by atoms with Gasteiger partial charge in [-0.2, -0.15) is 0 Å². The van der Waals surface area contributed by atoms with E-state index in [1.165, 1.54) is 19.2 Å². The van der Waals surface area contributed by atoms with Crippen LogP contribution in [0.5, 0.6) is 17.2 Å². The van der Waals surface area contributed by atoms with Gasteiger partial charge < -0.3 is 38.5 Å².